The average Bonchev–Trinajstić information content (AvgIpc) is 3.14. The van der Waals surface area contributed by atoms with Gasteiger partial charge in [0.05, 0.1) is 12.1 Å². The number of benzene rings is 1. The highest BCUT2D eigenvalue weighted by Gasteiger charge is 2.24. The highest BCUT2D eigenvalue weighted by molar-refractivity contribution is 5.94. The van der Waals surface area contributed by atoms with E-state index in [0.717, 1.165) is 11.4 Å². The summed E-state index contributed by atoms with van der Waals surface area (Å²) in [6, 6.07) is 8.73. The van der Waals surface area contributed by atoms with Gasteiger partial charge in [0.1, 0.15) is 11.5 Å². The summed E-state index contributed by atoms with van der Waals surface area (Å²) >= 11 is 0. The van der Waals surface area contributed by atoms with E-state index in [1.165, 1.54) is 0 Å². The van der Waals surface area contributed by atoms with E-state index in [0.29, 0.717) is 12.4 Å². The van der Waals surface area contributed by atoms with Crippen molar-refractivity contribution in [1.29, 1.82) is 0 Å². The summed E-state index contributed by atoms with van der Waals surface area (Å²) in [5.41, 5.74) is 5.73. The van der Waals surface area contributed by atoms with E-state index in [2.05, 4.69) is 16.0 Å². The fraction of sp³-hybridized carbons (Fsp3) is 0.500. The zero-order chi connectivity index (χ0) is 22.5. The molecule has 0 radical (unpaired) electrons. The lowest BCUT2D eigenvalue weighted by molar-refractivity contribution is -0.128. The molecule has 0 bridgehead atoms. The topological polar surface area (TPSA) is 94.5 Å². The molecule has 0 spiro atoms. The Kier molecular flexibility index (Phi) is 7.48. The Morgan fingerprint density at radius 2 is 1.67 bits per heavy atom. The summed E-state index contributed by atoms with van der Waals surface area (Å²) in [4.78, 5) is 24.8. The lowest BCUT2D eigenvalue weighted by atomic mass is 10.1. The molecule has 164 valence electrons. The summed E-state index contributed by atoms with van der Waals surface area (Å²) in [5.74, 6) is 0.496. The number of ether oxygens (including phenoxy) is 2. The number of hydrazine groups is 1. The van der Waals surface area contributed by atoms with E-state index in [1.807, 2.05) is 46.2 Å². The first-order valence-electron chi connectivity index (χ1n) is 10.1. The number of hydrogen-bond donors (Lipinski definition) is 2. The van der Waals surface area contributed by atoms with Crippen molar-refractivity contribution < 1.29 is 19.1 Å². The molecule has 0 saturated carbocycles. The molecule has 0 saturated heterocycles. The highest BCUT2D eigenvalue weighted by Crippen LogP contribution is 2.23. The van der Waals surface area contributed by atoms with Gasteiger partial charge in [-0.15, -0.1) is 0 Å². The van der Waals surface area contributed by atoms with Crippen molar-refractivity contribution in [2.75, 3.05) is 6.61 Å². The van der Waals surface area contributed by atoms with Crippen LogP contribution in [-0.4, -0.2) is 34.3 Å². The van der Waals surface area contributed by atoms with Crippen molar-refractivity contribution in [3.63, 3.8) is 0 Å². The Hall–Kier alpha value is -3.03. The van der Waals surface area contributed by atoms with E-state index in [-0.39, 0.29) is 17.2 Å². The molecule has 1 aromatic heterocycles. The SMILES string of the molecule is CCOc1ccc(O[C@H](C)C(=O)NNC(=O)c2cc(C(C)C)n(C(C)(C)C)n2)cc1. The molecule has 2 amide bonds. The van der Waals surface area contributed by atoms with E-state index in [1.54, 1.807) is 37.3 Å². The van der Waals surface area contributed by atoms with Gasteiger partial charge in [0.25, 0.3) is 11.8 Å². The molecule has 0 unspecified atom stereocenters. The summed E-state index contributed by atoms with van der Waals surface area (Å²) in [6.45, 7) is 14.2. The molecule has 2 aromatic rings. The molecule has 0 fully saturated rings. The van der Waals surface area contributed by atoms with Gasteiger partial charge in [0.15, 0.2) is 11.8 Å². The Morgan fingerprint density at radius 1 is 1.07 bits per heavy atom. The van der Waals surface area contributed by atoms with Crippen molar-refractivity contribution in [3.8, 4) is 11.5 Å². The number of hydrogen-bond acceptors (Lipinski definition) is 5. The van der Waals surface area contributed by atoms with Crippen LogP contribution >= 0.6 is 0 Å². The Balaban J connectivity index is 1.96. The van der Waals surface area contributed by atoms with Crippen LogP contribution in [0.5, 0.6) is 11.5 Å². The molecule has 1 heterocycles. The maximum absolute atomic E-state index is 12.5. The van der Waals surface area contributed by atoms with Crippen LogP contribution in [0.25, 0.3) is 0 Å². The quantitative estimate of drug-likeness (QED) is 0.675. The zero-order valence-corrected chi connectivity index (χ0v) is 18.8. The normalized spacial score (nSPS) is 12.4. The largest absolute Gasteiger partial charge is 0.494 e. The third kappa shape index (κ3) is 5.98. The second-order valence-electron chi connectivity index (χ2n) is 8.30. The number of nitrogens with one attached hydrogen (secondary N) is 2. The molecule has 2 rings (SSSR count). The van der Waals surface area contributed by atoms with Crippen molar-refractivity contribution in [1.82, 2.24) is 20.6 Å². The van der Waals surface area contributed by atoms with E-state index in [9.17, 15) is 9.59 Å². The lowest BCUT2D eigenvalue weighted by Gasteiger charge is -2.23. The Morgan fingerprint density at radius 3 is 2.17 bits per heavy atom. The summed E-state index contributed by atoms with van der Waals surface area (Å²) in [5, 5.41) is 4.43. The minimum Gasteiger partial charge on any atom is -0.494 e. The van der Waals surface area contributed by atoms with Gasteiger partial charge in [-0.3, -0.25) is 25.1 Å². The van der Waals surface area contributed by atoms with Crippen molar-refractivity contribution in [2.45, 2.75) is 66.0 Å². The van der Waals surface area contributed by atoms with Crippen molar-refractivity contribution >= 4 is 11.8 Å². The maximum Gasteiger partial charge on any atom is 0.290 e. The van der Waals surface area contributed by atoms with Gasteiger partial charge < -0.3 is 9.47 Å². The molecule has 1 atom stereocenters. The fourth-order valence-corrected chi connectivity index (χ4v) is 2.78. The van der Waals surface area contributed by atoms with Gasteiger partial charge in [-0.1, -0.05) is 13.8 Å². The van der Waals surface area contributed by atoms with Crippen LogP contribution in [0.1, 0.15) is 70.6 Å². The number of carbonyl (C=O) groups is 2. The third-order valence-corrected chi connectivity index (χ3v) is 4.31. The van der Waals surface area contributed by atoms with Gasteiger partial charge in [-0.05, 0) is 70.9 Å². The van der Waals surface area contributed by atoms with Gasteiger partial charge in [-0.25, -0.2) is 0 Å². The van der Waals surface area contributed by atoms with E-state index >= 15 is 0 Å². The summed E-state index contributed by atoms with van der Waals surface area (Å²) in [7, 11) is 0. The van der Waals surface area contributed by atoms with Crippen LogP contribution in [0.4, 0.5) is 0 Å². The van der Waals surface area contributed by atoms with Crippen LogP contribution < -0.4 is 20.3 Å². The maximum atomic E-state index is 12.5. The first-order chi connectivity index (χ1) is 14.0. The number of nitrogens with zero attached hydrogens (tertiary/aromatic N) is 2. The standard InChI is InChI=1S/C22H32N4O4/c1-8-29-16-9-11-17(12-10-16)30-15(4)20(27)23-24-21(28)18-13-19(14(2)3)26(25-18)22(5,6)7/h9-15H,8H2,1-7H3,(H,23,27)(H,24,28)/t15-/m1/s1. The van der Waals surface area contributed by atoms with Crippen LogP contribution in [0.3, 0.4) is 0 Å². The molecule has 8 nitrogen and oxygen atoms in total. The molecule has 2 N–H and O–H groups in total. The monoisotopic (exact) mass is 416 g/mol. The third-order valence-electron chi connectivity index (χ3n) is 4.31. The van der Waals surface area contributed by atoms with Gasteiger partial charge in [0.2, 0.25) is 0 Å². The smallest absolute Gasteiger partial charge is 0.290 e. The first kappa shape index (κ1) is 23.3. The fourth-order valence-electron chi connectivity index (χ4n) is 2.78. The molecule has 0 aliphatic carbocycles. The zero-order valence-electron chi connectivity index (χ0n) is 18.8. The minimum absolute atomic E-state index is 0.204. The van der Waals surface area contributed by atoms with Crippen molar-refractivity contribution in [2.24, 2.45) is 0 Å². The molecular formula is C22H32N4O4. The van der Waals surface area contributed by atoms with Gasteiger partial charge in [-0.2, -0.15) is 5.10 Å². The van der Waals surface area contributed by atoms with E-state index in [4.69, 9.17) is 9.47 Å². The average molecular weight is 417 g/mol. The van der Waals surface area contributed by atoms with E-state index < -0.39 is 17.9 Å². The molecule has 8 heteroatoms. The molecule has 30 heavy (non-hydrogen) atoms. The van der Waals surface area contributed by atoms with Crippen LogP contribution in [0, 0.1) is 0 Å². The lowest BCUT2D eigenvalue weighted by Crippen LogP contribution is -2.47. The predicted octanol–water partition coefficient (Wildman–Crippen LogP) is 3.39. The number of amides is 2. The van der Waals surface area contributed by atoms with Crippen molar-refractivity contribution in [3.05, 3.63) is 41.7 Å². The number of aromatic nitrogens is 2. The Labute approximate surface area is 177 Å². The predicted molar refractivity (Wildman–Crippen MR) is 115 cm³/mol. The summed E-state index contributed by atoms with van der Waals surface area (Å²) < 4.78 is 12.8. The second-order valence-corrected chi connectivity index (χ2v) is 8.30. The number of rotatable bonds is 7. The summed E-state index contributed by atoms with van der Waals surface area (Å²) in [6.07, 6.45) is -0.804. The number of carbonyl (C=O) groups excluding carboxylic acids is 2. The first-order valence-corrected chi connectivity index (χ1v) is 10.1. The second kappa shape index (κ2) is 9.65. The minimum atomic E-state index is -0.804. The van der Waals surface area contributed by atoms with Crippen LogP contribution in [0.2, 0.25) is 0 Å². The van der Waals surface area contributed by atoms with Gasteiger partial charge in [0, 0.05) is 5.69 Å². The highest BCUT2D eigenvalue weighted by atomic mass is 16.5. The van der Waals surface area contributed by atoms with Crippen LogP contribution in [0.15, 0.2) is 30.3 Å². The van der Waals surface area contributed by atoms with Gasteiger partial charge >= 0.3 is 0 Å². The Bertz CT molecular complexity index is 866. The molecular weight excluding hydrogens is 384 g/mol. The molecule has 0 aliphatic heterocycles. The molecule has 1 aromatic carbocycles. The van der Waals surface area contributed by atoms with Crippen LogP contribution in [-0.2, 0) is 10.3 Å². The molecule has 0 aliphatic rings.